The number of carbonyl (C=O) groups excluding carboxylic acids is 1. The molecule has 0 aliphatic rings. The minimum atomic E-state index is -0.108. The highest BCUT2D eigenvalue weighted by Gasteiger charge is 2.14. The van der Waals surface area contributed by atoms with Gasteiger partial charge < -0.3 is 5.32 Å². The molecule has 128 valence electrons. The Hall–Kier alpha value is -3.26. The zero-order valence-corrected chi connectivity index (χ0v) is 14.4. The molecule has 1 N–H and O–H groups in total. The monoisotopic (exact) mass is 362 g/mol. The Balaban J connectivity index is 1.52. The van der Waals surface area contributed by atoms with Crippen molar-refractivity contribution in [1.82, 2.24) is 25.0 Å². The van der Waals surface area contributed by atoms with Gasteiger partial charge in [-0.25, -0.2) is 9.97 Å². The van der Waals surface area contributed by atoms with E-state index in [4.69, 9.17) is 0 Å². The van der Waals surface area contributed by atoms with Crippen LogP contribution in [0.3, 0.4) is 0 Å². The molecule has 26 heavy (non-hydrogen) atoms. The van der Waals surface area contributed by atoms with Crippen molar-refractivity contribution >= 4 is 34.5 Å². The molecule has 4 rings (SSSR count). The molecule has 0 spiro atoms. The lowest BCUT2D eigenvalue weighted by molar-refractivity contribution is -0.113. The zero-order chi connectivity index (χ0) is 17.8. The summed E-state index contributed by atoms with van der Waals surface area (Å²) in [7, 11) is 0. The van der Waals surface area contributed by atoms with Crippen LogP contribution in [0.2, 0.25) is 0 Å². The first-order valence-corrected chi connectivity index (χ1v) is 8.89. The lowest BCUT2D eigenvalue weighted by atomic mass is 10.3. The van der Waals surface area contributed by atoms with Crippen LogP contribution in [-0.2, 0) is 4.79 Å². The molecule has 0 atom stereocenters. The normalized spacial score (nSPS) is 10.8. The molecule has 2 heterocycles. The maximum absolute atomic E-state index is 12.1. The molecule has 0 radical (unpaired) electrons. The molecule has 0 aliphatic heterocycles. The number of fused-ring (bicyclic) bond motifs is 1. The number of hydrogen-bond donors (Lipinski definition) is 1. The molecule has 7 nitrogen and oxygen atoms in total. The standard InChI is InChI=1S/C18H14N6OS/c25-15(21-13-7-3-1-4-8-13)11-26-18-16-17(19-12-20-18)24(23-22-16)14-9-5-2-6-10-14/h1-10,12H,11H2,(H,21,25). The van der Waals surface area contributed by atoms with Gasteiger partial charge in [0.1, 0.15) is 11.4 Å². The van der Waals surface area contributed by atoms with Crippen molar-refractivity contribution < 1.29 is 4.79 Å². The Morgan fingerprint density at radius 2 is 1.73 bits per heavy atom. The summed E-state index contributed by atoms with van der Waals surface area (Å²) in [5.74, 6) is 0.113. The summed E-state index contributed by atoms with van der Waals surface area (Å²) in [4.78, 5) is 20.7. The molecule has 0 aliphatic carbocycles. The van der Waals surface area contributed by atoms with E-state index in [0.717, 1.165) is 11.4 Å². The van der Waals surface area contributed by atoms with Gasteiger partial charge >= 0.3 is 0 Å². The third-order valence-corrected chi connectivity index (χ3v) is 4.58. The highest BCUT2D eigenvalue weighted by atomic mass is 32.2. The first kappa shape index (κ1) is 16.2. The van der Waals surface area contributed by atoms with E-state index in [1.807, 2.05) is 60.7 Å². The zero-order valence-electron chi connectivity index (χ0n) is 13.6. The van der Waals surface area contributed by atoms with E-state index in [1.54, 1.807) is 4.68 Å². The van der Waals surface area contributed by atoms with Gasteiger partial charge in [-0.05, 0) is 24.3 Å². The van der Waals surface area contributed by atoms with Gasteiger partial charge in [0.05, 0.1) is 11.4 Å². The number of nitrogens with one attached hydrogen (secondary N) is 1. The Morgan fingerprint density at radius 1 is 1.00 bits per heavy atom. The summed E-state index contributed by atoms with van der Waals surface area (Å²) >= 11 is 1.31. The van der Waals surface area contributed by atoms with Crippen LogP contribution >= 0.6 is 11.8 Å². The van der Waals surface area contributed by atoms with Gasteiger partial charge in [0.15, 0.2) is 11.2 Å². The average molecular weight is 362 g/mol. The van der Waals surface area contributed by atoms with Gasteiger partial charge in [0.25, 0.3) is 0 Å². The minimum absolute atomic E-state index is 0.108. The molecule has 4 aromatic rings. The second-order valence-corrected chi connectivity index (χ2v) is 6.35. The fraction of sp³-hybridized carbons (Fsp3) is 0.0556. The van der Waals surface area contributed by atoms with Gasteiger partial charge in [-0.15, -0.1) is 5.10 Å². The highest BCUT2D eigenvalue weighted by molar-refractivity contribution is 8.00. The number of nitrogens with zero attached hydrogens (tertiary/aromatic N) is 5. The third-order valence-electron chi connectivity index (χ3n) is 3.60. The van der Waals surface area contributed by atoms with Crippen LogP contribution in [0, 0.1) is 0 Å². The van der Waals surface area contributed by atoms with Crippen molar-refractivity contribution in [2.45, 2.75) is 5.03 Å². The smallest absolute Gasteiger partial charge is 0.234 e. The van der Waals surface area contributed by atoms with E-state index in [2.05, 4.69) is 25.6 Å². The predicted octanol–water partition coefficient (Wildman–Crippen LogP) is 2.94. The van der Waals surface area contributed by atoms with Crippen molar-refractivity contribution in [1.29, 1.82) is 0 Å². The van der Waals surface area contributed by atoms with E-state index in [-0.39, 0.29) is 11.7 Å². The number of carbonyl (C=O) groups is 1. The van der Waals surface area contributed by atoms with Gasteiger partial charge in [0.2, 0.25) is 5.91 Å². The van der Waals surface area contributed by atoms with E-state index in [1.165, 1.54) is 18.1 Å². The number of benzene rings is 2. The van der Waals surface area contributed by atoms with E-state index < -0.39 is 0 Å². The lowest BCUT2D eigenvalue weighted by Gasteiger charge is -2.05. The van der Waals surface area contributed by atoms with Crippen molar-refractivity contribution in [2.24, 2.45) is 0 Å². The summed E-state index contributed by atoms with van der Waals surface area (Å²) in [6.07, 6.45) is 1.46. The first-order valence-electron chi connectivity index (χ1n) is 7.91. The summed E-state index contributed by atoms with van der Waals surface area (Å²) in [6.45, 7) is 0. The number of para-hydroxylation sites is 2. The van der Waals surface area contributed by atoms with Crippen LogP contribution in [0.5, 0.6) is 0 Å². The van der Waals surface area contributed by atoms with Crippen LogP contribution in [0.4, 0.5) is 5.69 Å². The Morgan fingerprint density at radius 3 is 2.50 bits per heavy atom. The van der Waals surface area contributed by atoms with Crippen molar-refractivity contribution in [3.05, 3.63) is 67.0 Å². The molecular weight excluding hydrogens is 348 g/mol. The topological polar surface area (TPSA) is 85.6 Å². The first-order chi connectivity index (χ1) is 12.8. The van der Waals surface area contributed by atoms with Crippen LogP contribution in [0.25, 0.3) is 16.9 Å². The van der Waals surface area contributed by atoms with Crippen LogP contribution in [0.15, 0.2) is 72.0 Å². The summed E-state index contributed by atoms with van der Waals surface area (Å²) in [6, 6.07) is 19.0. The Bertz CT molecular complexity index is 1040. The van der Waals surface area contributed by atoms with E-state index >= 15 is 0 Å². The van der Waals surface area contributed by atoms with Crippen molar-refractivity contribution in [3.63, 3.8) is 0 Å². The lowest BCUT2D eigenvalue weighted by Crippen LogP contribution is -2.14. The molecule has 2 aromatic carbocycles. The summed E-state index contributed by atoms with van der Waals surface area (Å²) in [5, 5.41) is 11.8. The van der Waals surface area contributed by atoms with Gasteiger partial charge in [-0.2, -0.15) is 4.68 Å². The molecule has 0 saturated carbocycles. The predicted molar refractivity (Wildman–Crippen MR) is 100 cm³/mol. The molecule has 0 fully saturated rings. The van der Waals surface area contributed by atoms with E-state index in [0.29, 0.717) is 16.2 Å². The van der Waals surface area contributed by atoms with Crippen molar-refractivity contribution in [2.75, 3.05) is 11.1 Å². The molecule has 0 saturated heterocycles. The van der Waals surface area contributed by atoms with Crippen LogP contribution in [-0.4, -0.2) is 36.6 Å². The number of aromatic nitrogens is 5. The molecular formula is C18H14N6OS. The largest absolute Gasteiger partial charge is 0.325 e. The number of hydrogen-bond acceptors (Lipinski definition) is 6. The highest BCUT2D eigenvalue weighted by Crippen LogP contribution is 2.24. The maximum Gasteiger partial charge on any atom is 0.234 e. The number of rotatable bonds is 5. The average Bonchev–Trinajstić information content (AvgIpc) is 3.12. The van der Waals surface area contributed by atoms with Gasteiger partial charge in [-0.3, -0.25) is 4.79 Å². The number of thioether (sulfide) groups is 1. The van der Waals surface area contributed by atoms with E-state index in [9.17, 15) is 4.79 Å². The fourth-order valence-corrected chi connectivity index (χ4v) is 3.16. The number of anilines is 1. The molecule has 0 unspecified atom stereocenters. The summed E-state index contributed by atoms with van der Waals surface area (Å²) < 4.78 is 1.66. The summed E-state index contributed by atoms with van der Waals surface area (Å²) in [5.41, 5.74) is 2.82. The molecule has 1 amide bonds. The quantitative estimate of drug-likeness (QED) is 0.434. The third kappa shape index (κ3) is 3.40. The SMILES string of the molecule is O=C(CSc1ncnc2c1nnn2-c1ccccc1)Nc1ccccc1. The molecule has 2 aromatic heterocycles. The van der Waals surface area contributed by atoms with Gasteiger partial charge in [-0.1, -0.05) is 53.4 Å². The van der Waals surface area contributed by atoms with Gasteiger partial charge in [0, 0.05) is 5.69 Å². The second kappa shape index (κ2) is 7.32. The fourth-order valence-electron chi connectivity index (χ4n) is 2.43. The Labute approximate surface area is 153 Å². The number of amides is 1. The van der Waals surface area contributed by atoms with Crippen LogP contribution in [0.1, 0.15) is 0 Å². The van der Waals surface area contributed by atoms with Crippen LogP contribution < -0.4 is 5.32 Å². The van der Waals surface area contributed by atoms with Crippen molar-refractivity contribution in [3.8, 4) is 5.69 Å². The second-order valence-electron chi connectivity index (χ2n) is 5.39. The molecule has 0 bridgehead atoms. The Kier molecular flexibility index (Phi) is 4.57. The molecule has 8 heteroatoms. The maximum atomic E-state index is 12.1. The minimum Gasteiger partial charge on any atom is -0.325 e.